The van der Waals surface area contributed by atoms with E-state index in [1.807, 2.05) is 65.7 Å². The van der Waals surface area contributed by atoms with Crippen molar-refractivity contribution in [1.29, 1.82) is 0 Å². The molecule has 2 aliphatic heterocycles. The molecule has 2 aromatic rings. The summed E-state index contributed by atoms with van der Waals surface area (Å²) in [4.78, 5) is 24.5. The number of esters is 2. The lowest BCUT2D eigenvalue weighted by atomic mass is 9.86. The van der Waals surface area contributed by atoms with Crippen LogP contribution in [0.25, 0.3) is 0 Å². The fourth-order valence-electron chi connectivity index (χ4n) is 3.94. The largest absolute Gasteiger partial charge is 0.469 e. The van der Waals surface area contributed by atoms with Crippen molar-refractivity contribution < 1.29 is 19.1 Å². The van der Waals surface area contributed by atoms with Gasteiger partial charge in [-0.1, -0.05) is 72.4 Å². The summed E-state index contributed by atoms with van der Waals surface area (Å²) in [6, 6.07) is 19.5. The fourth-order valence-corrected chi connectivity index (χ4v) is 5.49. The normalized spacial score (nSPS) is 25.8. The fraction of sp³-hybridized carbons (Fsp3) is 0.286. The van der Waals surface area contributed by atoms with Gasteiger partial charge in [0.2, 0.25) is 0 Å². The van der Waals surface area contributed by atoms with Crippen molar-refractivity contribution in [3.05, 3.63) is 71.8 Å². The van der Waals surface area contributed by atoms with Crippen molar-refractivity contribution in [2.24, 2.45) is 16.9 Å². The van der Waals surface area contributed by atoms with Crippen LogP contribution in [0.3, 0.4) is 0 Å². The Morgan fingerprint density at radius 3 is 2.21 bits per heavy atom. The molecule has 0 N–H and O–H groups in total. The summed E-state index contributed by atoms with van der Waals surface area (Å²) < 4.78 is 10.1. The third kappa shape index (κ3) is 2.77. The zero-order valence-corrected chi connectivity index (χ0v) is 16.4. The molecule has 0 radical (unpaired) electrons. The summed E-state index contributed by atoms with van der Waals surface area (Å²) in [7, 11) is 2.68. The van der Waals surface area contributed by atoms with Gasteiger partial charge in [0.25, 0.3) is 0 Å². The molecule has 1 fully saturated rings. The van der Waals surface area contributed by atoms with Crippen molar-refractivity contribution in [2.45, 2.75) is 4.87 Å². The van der Waals surface area contributed by atoms with E-state index in [0.29, 0.717) is 0 Å². The molecule has 0 saturated carbocycles. The molecule has 0 aliphatic carbocycles. The second kappa shape index (κ2) is 7.31. The number of nitrogens with zero attached hydrogens (tertiary/aromatic N) is 2. The van der Waals surface area contributed by atoms with E-state index in [9.17, 15) is 9.59 Å². The van der Waals surface area contributed by atoms with Gasteiger partial charge in [-0.15, -0.1) is 0 Å². The van der Waals surface area contributed by atoms with E-state index in [4.69, 9.17) is 14.6 Å². The van der Waals surface area contributed by atoms with Gasteiger partial charge in [0.05, 0.1) is 26.7 Å². The van der Waals surface area contributed by atoms with Gasteiger partial charge in [-0.05, 0) is 5.56 Å². The number of hydrogen-bond donors (Lipinski definition) is 0. The molecular formula is C21H20N2O4S. The average Bonchev–Trinajstić information content (AvgIpc) is 3.28. The van der Waals surface area contributed by atoms with Gasteiger partial charge in [-0.25, -0.2) is 0 Å². The van der Waals surface area contributed by atoms with Crippen molar-refractivity contribution in [1.82, 2.24) is 5.01 Å². The van der Waals surface area contributed by atoms with Crippen LogP contribution in [0.1, 0.15) is 11.1 Å². The maximum atomic E-state index is 12.9. The van der Waals surface area contributed by atoms with E-state index >= 15 is 0 Å². The smallest absolute Gasteiger partial charge is 0.313 e. The van der Waals surface area contributed by atoms with Gasteiger partial charge in [0, 0.05) is 5.56 Å². The van der Waals surface area contributed by atoms with Crippen molar-refractivity contribution in [2.75, 3.05) is 20.8 Å². The number of carbonyl (C=O) groups is 2. The Morgan fingerprint density at radius 2 is 1.61 bits per heavy atom. The summed E-state index contributed by atoms with van der Waals surface area (Å²) in [5.41, 5.74) is 1.87. The lowest BCUT2D eigenvalue weighted by Gasteiger charge is -2.35. The Balaban J connectivity index is 1.86. The number of benzene rings is 2. The first kappa shape index (κ1) is 18.6. The van der Waals surface area contributed by atoms with E-state index in [1.165, 1.54) is 26.0 Å². The van der Waals surface area contributed by atoms with Crippen LogP contribution in [0, 0.1) is 11.8 Å². The predicted molar refractivity (Wildman–Crippen MR) is 106 cm³/mol. The van der Waals surface area contributed by atoms with Crippen LogP contribution in [0.4, 0.5) is 0 Å². The number of ether oxygens (including phenoxy) is 2. The maximum absolute atomic E-state index is 12.9. The molecule has 0 unspecified atom stereocenters. The number of rotatable bonds is 4. The molecule has 2 aromatic carbocycles. The van der Waals surface area contributed by atoms with Crippen LogP contribution < -0.4 is 0 Å². The molecule has 7 heteroatoms. The summed E-state index contributed by atoms with van der Waals surface area (Å²) in [6.45, 7) is 0.282. The minimum absolute atomic E-state index is 0.282. The quantitative estimate of drug-likeness (QED) is 0.741. The molecule has 2 aliphatic rings. The Labute approximate surface area is 167 Å². The predicted octanol–water partition coefficient (Wildman–Crippen LogP) is 2.84. The third-order valence-corrected chi connectivity index (χ3v) is 6.73. The van der Waals surface area contributed by atoms with Gasteiger partial charge in [-0.3, -0.25) is 14.6 Å². The van der Waals surface area contributed by atoms with E-state index < -0.39 is 28.6 Å². The first-order valence-electron chi connectivity index (χ1n) is 8.93. The molecule has 2 heterocycles. The van der Waals surface area contributed by atoms with Gasteiger partial charge in [0.15, 0.2) is 0 Å². The summed E-state index contributed by atoms with van der Waals surface area (Å²) in [5, 5.41) is 7.45. The molecule has 6 nitrogen and oxygen atoms in total. The van der Waals surface area contributed by atoms with Crippen LogP contribution >= 0.6 is 11.8 Å². The highest BCUT2D eigenvalue weighted by atomic mass is 32.2. The number of thioether (sulfide) groups is 1. The van der Waals surface area contributed by atoms with Crippen LogP contribution in [0.2, 0.25) is 0 Å². The average molecular weight is 396 g/mol. The molecule has 0 amide bonds. The molecule has 0 spiro atoms. The number of carbonyl (C=O) groups excluding carboxylic acids is 2. The second-order valence-corrected chi connectivity index (χ2v) is 7.86. The lowest BCUT2D eigenvalue weighted by molar-refractivity contribution is -0.156. The highest BCUT2D eigenvalue weighted by Gasteiger charge is 2.64. The molecule has 4 rings (SSSR count). The Morgan fingerprint density at radius 1 is 1.00 bits per heavy atom. The highest BCUT2D eigenvalue weighted by molar-refractivity contribution is 8.15. The first-order chi connectivity index (χ1) is 13.6. The Kier molecular flexibility index (Phi) is 4.85. The van der Waals surface area contributed by atoms with Crippen molar-refractivity contribution in [3.63, 3.8) is 0 Å². The van der Waals surface area contributed by atoms with Crippen LogP contribution in [0.5, 0.6) is 0 Å². The SMILES string of the molecule is COC(=O)[C@H]1CN2N=C(c3ccccc3)S[C@@]2(c2ccccc2)[C@H]1C(=O)OC. The van der Waals surface area contributed by atoms with Gasteiger partial charge in [0.1, 0.15) is 15.8 Å². The molecule has 3 atom stereocenters. The third-order valence-electron chi connectivity index (χ3n) is 5.21. The monoisotopic (exact) mass is 396 g/mol. The molecule has 1 saturated heterocycles. The topological polar surface area (TPSA) is 68.2 Å². The second-order valence-electron chi connectivity index (χ2n) is 6.65. The zero-order chi connectivity index (χ0) is 19.7. The molecular weight excluding hydrogens is 376 g/mol. The molecule has 144 valence electrons. The number of methoxy groups -OCH3 is 2. The van der Waals surface area contributed by atoms with E-state index in [-0.39, 0.29) is 6.54 Å². The number of hydrazone groups is 1. The zero-order valence-electron chi connectivity index (χ0n) is 15.6. The van der Waals surface area contributed by atoms with Crippen molar-refractivity contribution >= 4 is 28.7 Å². The Hall–Kier alpha value is -2.80. The molecule has 0 aromatic heterocycles. The van der Waals surface area contributed by atoms with Crippen LogP contribution in [0.15, 0.2) is 65.8 Å². The first-order valence-corrected chi connectivity index (χ1v) is 9.75. The van der Waals surface area contributed by atoms with Crippen molar-refractivity contribution in [3.8, 4) is 0 Å². The van der Waals surface area contributed by atoms with Crippen LogP contribution in [-0.2, 0) is 23.9 Å². The molecule has 0 bridgehead atoms. The van der Waals surface area contributed by atoms with E-state index in [0.717, 1.165) is 16.2 Å². The number of hydrogen-bond acceptors (Lipinski definition) is 7. The summed E-state index contributed by atoms with van der Waals surface area (Å²) in [5.74, 6) is -2.29. The highest BCUT2D eigenvalue weighted by Crippen LogP contribution is 2.58. The van der Waals surface area contributed by atoms with Crippen LogP contribution in [-0.4, -0.2) is 42.8 Å². The maximum Gasteiger partial charge on any atom is 0.313 e. The number of fused-ring (bicyclic) bond motifs is 1. The lowest BCUT2D eigenvalue weighted by Crippen LogP contribution is -2.42. The minimum atomic E-state index is -0.863. The van der Waals surface area contributed by atoms with Gasteiger partial charge in [-0.2, -0.15) is 5.10 Å². The Bertz CT molecular complexity index is 919. The van der Waals surface area contributed by atoms with E-state index in [2.05, 4.69) is 0 Å². The molecule has 28 heavy (non-hydrogen) atoms. The summed E-state index contributed by atoms with van der Waals surface area (Å²) >= 11 is 1.49. The van der Waals surface area contributed by atoms with E-state index in [1.54, 1.807) is 0 Å². The van der Waals surface area contributed by atoms with Gasteiger partial charge < -0.3 is 9.47 Å². The minimum Gasteiger partial charge on any atom is -0.469 e. The van der Waals surface area contributed by atoms with Gasteiger partial charge >= 0.3 is 11.9 Å². The standard InChI is InChI=1S/C21H20N2O4S/c1-26-19(24)16-13-23-21(17(16)20(25)27-2,15-11-7-4-8-12-15)28-18(22-23)14-9-5-3-6-10-14/h3-12,16-17H,13H2,1-2H3/t16-,17+,21-/m0/s1. The summed E-state index contributed by atoms with van der Waals surface area (Å²) in [6.07, 6.45) is 0.